The maximum absolute atomic E-state index is 4.22. The van der Waals surface area contributed by atoms with Crippen LogP contribution < -0.4 is 0 Å². The van der Waals surface area contributed by atoms with Gasteiger partial charge < -0.3 is 0 Å². The second kappa shape index (κ2) is 3.35. The summed E-state index contributed by atoms with van der Waals surface area (Å²) in [4.78, 5) is 4.22. The Hall–Kier alpha value is -1.71. The van der Waals surface area contributed by atoms with Gasteiger partial charge in [0.05, 0.1) is 17.3 Å². The molecule has 1 N–H and O–H groups in total. The third-order valence-electron chi connectivity index (χ3n) is 1.85. The van der Waals surface area contributed by atoms with Crippen LogP contribution in [-0.4, -0.2) is 20.4 Å². The number of aromatic amines is 1. The Balaban J connectivity index is 2.29. The Kier molecular flexibility index (Phi) is 2.04. The molecular weight excluding hydrogens is 164 g/mol. The monoisotopic (exact) mass is 173 g/mol. The lowest BCUT2D eigenvalue weighted by Crippen LogP contribution is -1.99. The number of hydrogen-bond donors (Lipinski definition) is 1. The first-order valence-corrected chi connectivity index (χ1v) is 4.00. The molecule has 0 saturated heterocycles. The molecule has 4 nitrogen and oxygen atoms in total. The summed E-state index contributed by atoms with van der Waals surface area (Å²) in [5.41, 5.74) is 1.76. The maximum Gasteiger partial charge on any atom is 0.0956 e. The average Bonchev–Trinajstić information content (AvgIpc) is 2.71. The molecule has 2 aromatic rings. The molecule has 0 fully saturated rings. The first kappa shape index (κ1) is 7.91. The van der Waals surface area contributed by atoms with Crippen LogP contribution >= 0.6 is 0 Å². The highest BCUT2D eigenvalue weighted by atomic mass is 15.3. The van der Waals surface area contributed by atoms with E-state index in [4.69, 9.17) is 0 Å². The van der Waals surface area contributed by atoms with E-state index in [0.717, 1.165) is 17.3 Å². The molecule has 0 amide bonds. The van der Waals surface area contributed by atoms with Gasteiger partial charge in [0.2, 0.25) is 0 Å². The standard InChI is InChI=1S/C9H9N4/c1-7(9-6-11-13-12-9)8-4-2-3-5-10-8/h2-6H,1H3,(H,11,12,13). The van der Waals surface area contributed by atoms with Crippen molar-refractivity contribution in [3.05, 3.63) is 47.9 Å². The van der Waals surface area contributed by atoms with E-state index in [2.05, 4.69) is 20.4 Å². The minimum atomic E-state index is 0.832. The quantitative estimate of drug-likeness (QED) is 0.742. The van der Waals surface area contributed by atoms with E-state index < -0.39 is 0 Å². The molecule has 4 heteroatoms. The predicted octanol–water partition coefficient (Wildman–Crippen LogP) is 1.19. The summed E-state index contributed by atoms with van der Waals surface area (Å²) < 4.78 is 0. The number of nitrogens with zero attached hydrogens (tertiary/aromatic N) is 3. The molecule has 0 aliphatic carbocycles. The second-order valence-corrected chi connectivity index (χ2v) is 2.70. The summed E-state index contributed by atoms with van der Waals surface area (Å²) in [5.74, 6) is 1.02. The zero-order valence-electron chi connectivity index (χ0n) is 7.23. The van der Waals surface area contributed by atoms with Gasteiger partial charge in [-0.1, -0.05) is 11.3 Å². The number of pyridine rings is 1. The van der Waals surface area contributed by atoms with E-state index in [1.165, 1.54) is 0 Å². The summed E-state index contributed by atoms with van der Waals surface area (Å²) in [5, 5.41) is 10.2. The molecule has 0 atom stereocenters. The van der Waals surface area contributed by atoms with Crippen molar-refractivity contribution in [2.24, 2.45) is 0 Å². The summed E-state index contributed by atoms with van der Waals surface area (Å²) in [6, 6.07) is 5.79. The zero-order chi connectivity index (χ0) is 9.10. The lowest BCUT2D eigenvalue weighted by Gasteiger charge is -2.04. The average molecular weight is 173 g/mol. The van der Waals surface area contributed by atoms with Gasteiger partial charge in [0.25, 0.3) is 0 Å². The van der Waals surface area contributed by atoms with E-state index in [-0.39, 0.29) is 0 Å². The molecule has 0 saturated carbocycles. The van der Waals surface area contributed by atoms with E-state index in [9.17, 15) is 0 Å². The van der Waals surface area contributed by atoms with Crippen molar-refractivity contribution in [2.75, 3.05) is 0 Å². The Labute approximate surface area is 76.0 Å². The molecule has 2 rings (SSSR count). The van der Waals surface area contributed by atoms with E-state index in [1.807, 2.05) is 25.1 Å². The van der Waals surface area contributed by atoms with Gasteiger partial charge >= 0.3 is 0 Å². The molecule has 1 radical (unpaired) electrons. The van der Waals surface area contributed by atoms with Crippen molar-refractivity contribution in [1.82, 2.24) is 20.4 Å². The van der Waals surface area contributed by atoms with Crippen LogP contribution in [0.15, 0.2) is 30.6 Å². The van der Waals surface area contributed by atoms with E-state index in [0.29, 0.717) is 0 Å². The van der Waals surface area contributed by atoms with Gasteiger partial charge in [-0.05, 0) is 19.1 Å². The van der Waals surface area contributed by atoms with Gasteiger partial charge in [0.15, 0.2) is 0 Å². The molecule has 0 bridgehead atoms. The second-order valence-electron chi connectivity index (χ2n) is 2.70. The third-order valence-corrected chi connectivity index (χ3v) is 1.85. The third kappa shape index (κ3) is 1.56. The molecule has 2 heterocycles. The normalized spacial score (nSPS) is 10.6. The maximum atomic E-state index is 4.22. The lowest BCUT2D eigenvalue weighted by atomic mass is 10.0. The van der Waals surface area contributed by atoms with Crippen LogP contribution in [0.1, 0.15) is 18.3 Å². The van der Waals surface area contributed by atoms with Crippen LogP contribution in [-0.2, 0) is 0 Å². The van der Waals surface area contributed by atoms with Crippen LogP contribution in [0.3, 0.4) is 0 Å². The summed E-state index contributed by atoms with van der Waals surface area (Å²) in [6.07, 6.45) is 3.52. The highest BCUT2D eigenvalue weighted by Crippen LogP contribution is 2.16. The molecular formula is C9H9N4. The molecule has 13 heavy (non-hydrogen) atoms. The number of nitrogens with one attached hydrogen (secondary N) is 1. The SMILES string of the molecule is C[C](c1ccccn1)c1c[nH]nn1. The highest BCUT2D eigenvalue weighted by Gasteiger charge is 2.12. The van der Waals surface area contributed by atoms with Gasteiger partial charge in [-0.25, -0.2) is 0 Å². The predicted molar refractivity (Wildman–Crippen MR) is 47.7 cm³/mol. The van der Waals surface area contributed by atoms with Crippen LogP contribution in [0, 0.1) is 5.92 Å². The molecule has 2 aromatic heterocycles. The number of aromatic nitrogens is 4. The van der Waals surface area contributed by atoms with Gasteiger partial charge in [-0.15, -0.1) is 5.10 Å². The van der Waals surface area contributed by atoms with E-state index in [1.54, 1.807) is 12.4 Å². The number of H-pyrrole nitrogens is 1. The number of rotatable bonds is 2. The largest absolute Gasteiger partial charge is 0.265 e. The molecule has 65 valence electrons. The molecule has 0 aliphatic rings. The van der Waals surface area contributed by atoms with Crippen molar-refractivity contribution in [3.8, 4) is 0 Å². The minimum Gasteiger partial charge on any atom is -0.265 e. The Morgan fingerprint density at radius 2 is 2.23 bits per heavy atom. The van der Waals surface area contributed by atoms with Crippen molar-refractivity contribution < 1.29 is 0 Å². The first-order chi connectivity index (χ1) is 6.38. The van der Waals surface area contributed by atoms with Crippen molar-refractivity contribution in [2.45, 2.75) is 6.92 Å². The van der Waals surface area contributed by atoms with Gasteiger partial charge in [0.1, 0.15) is 0 Å². The fraction of sp³-hybridized carbons (Fsp3) is 0.111. The first-order valence-electron chi connectivity index (χ1n) is 4.00. The molecule has 0 aromatic carbocycles. The number of hydrogen-bond acceptors (Lipinski definition) is 3. The van der Waals surface area contributed by atoms with Gasteiger partial charge in [0, 0.05) is 12.4 Å². The van der Waals surface area contributed by atoms with Crippen LogP contribution in [0.25, 0.3) is 0 Å². The zero-order valence-corrected chi connectivity index (χ0v) is 7.23. The smallest absolute Gasteiger partial charge is 0.0956 e. The van der Waals surface area contributed by atoms with E-state index >= 15 is 0 Å². The fourth-order valence-corrected chi connectivity index (χ4v) is 1.10. The molecule has 0 unspecified atom stereocenters. The molecule has 0 spiro atoms. The van der Waals surface area contributed by atoms with Crippen LogP contribution in [0.5, 0.6) is 0 Å². The van der Waals surface area contributed by atoms with Gasteiger partial charge in [-0.2, -0.15) is 0 Å². The Morgan fingerprint density at radius 3 is 2.85 bits per heavy atom. The summed E-state index contributed by atoms with van der Waals surface area (Å²) in [7, 11) is 0. The topological polar surface area (TPSA) is 54.5 Å². The van der Waals surface area contributed by atoms with Crippen molar-refractivity contribution in [3.63, 3.8) is 0 Å². The van der Waals surface area contributed by atoms with Gasteiger partial charge in [-0.3, -0.25) is 10.1 Å². The highest BCUT2D eigenvalue weighted by molar-refractivity contribution is 5.34. The van der Waals surface area contributed by atoms with Crippen LogP contribution in [0.4, 0.5) is 0 Å². The van der Waals surface area contributed by atoms with Crippen molar-refractivity contribution in [1.29, 1.82) is 0 Å². The fourth-order valence-electron chi connectivity index (χ4n) is 1.10. The lowest BCUT2D eigenvalue weighted by molar-refractivity contribution is 0.915. The summed E-state index contributed by atoms with van der Waals surface area (Å²) in [6.45, 7) is 1.97. The van der Waals surface area contributed by atoms with Crippen LogP contribution in [0.2, 0.25) is 0 Å². The Morgan fingerprint density at radius 1 is 1.31 bits per heavy atom. The summed E-state index contributed by atoms with van der Waals surface area (Å²) >= 11 is 0. The minimum absolute atomic E-state index is 0.832. The van der Waals surface area contributed by atoms with Crippen molar-refractivity contribution >= 4 is 0 Å². The molecule has 0 aliphatic heterocycles. The Bertz CT molecular complexity index is 354.